The number of amides is 2. The summed E-state index contributed by atoms with van der Waals surface area (Å²) in [6, 6.07) is 17.0. The van der Waals surface area contributed by atoms with Crippen molar-refractivity contribution in [2.45, 2.75) is 13.2 Å². The molecule has 0 fully saturated rings. The number of rotatable bonds is 6. The molecule has 0 unspecified atom stereocenters. The molecule has 0 aliphatic rings. The van der Waals surface area contributed by atoms with Crippen molar-refractivity contribution in [1.29, 1.82) is 0 Å². The Balaban J connectivity index is 1.63. The summed E-state index contributed by atoms with van der Waals surface area (Å²) in [5, 5.41) is 9.96. The molecule has 0 aliphatic carbocycles. The summed E-state index contributed by atoms with van der Waals surface area (Å²) in [5.41, 5.74) is 3.65. The lowest BCUT2D eigenvalue weighted by Gasteiger charge is -2.12. The smallest absolute Gasteiger partial charge is 0.319 e. The van der Waals surface area contributed by atoms with Gasteiger partial charge in [-0.3, -0.25) is 0 Å². The van der Waals surface area contributed by atoms with Gasteiger partial charge in [-0.1, -0.05) is 30.3 Å². The lowest BCUT2D eigenvalue weighted by molar-refractivity contribution is 0.185. The average molecular weight is 336 g/mol. The van der Waals surface area contributed by atoms with E-state index in [4.69, 9.17) is 4.74 Å². The summed E-state index contributed by atoms with van der Waals surface area (Å²) >= 11 is 0. The number of methoxy groups -OCH3 is 1. The highest BCUT2D eigenvalue weighted by Gasteiger charge is 2.07. The second kappa shape index (κ2) is 8.12. The minimum Gasteiger partial charge on any atom is -0.380 e. The maximum Gasteiger partial charge on any atom is 0.319 e. The summed E-state index contributed by atoms with van der Waals surface area (Å²) in [5.74, 6) is 0. The molecule has 2 aromatic carbocycles. The molecule has 128 valence electrons. The van der Waals surface area contributed by atoms with E-state index in [0.29, 0.717) is 13.2 Å². The van der Waals surface area contributed by atoms with Gasteiger partial charge >= 0.3 is 6.03 Å². The number of ether oxygens (including phenoxy) is 1. The van der Waals surface area contributed by atoms with Crippen LogP contribution in [-0.2, 0) is 17.9 Å². The van der Waals surface area contributed by atoms with Gasteiger partial charge < -0.3 is 15.4 Å². The van der Waals surface area contributed by atoms with Crippen molar-refractivity contribution in [2.24, 2.45) is 0 Å². The zero-order valence-electron chi connectivity index (χ0n) is 14.0. The molecule has 6 heteroatoms. The molecule has 0 saturated heterocycles. The van der Waals surface area contributed by atoms with Crippen LogP contribution in [0.3, 0.4) is 0 Å². The number of carbonyl (C=O) groups is 1. The number of urea groups is 1. The van der Waals surface area contributed by atoms with Crippen LogP contribution in [-0.4, -0.2) is 22.9 Å². The summed E-state index contributed by atoms with van der Waals surface area (Å²) in [6.45, 7) is 0.911. The standard InChI is InChI=1S/C19H20N4O2/c1-25-14-15-6-4-8-17(12-15)22-19(24)20-13-16-7-2-3-9-18(16)23-11-5-10-21-23/h2-12H,13-14H2,1H3,(H2,20,22,24). The third-order valence-corrected chi connectivity index (χ3v) is 3.68. The van der Waals surface area contributed by atoms with Gasteiger partial charge in [0.2, 0.25) is 0 Å². The first-order chi connectivity index (χ1) is 12.3. The molecule has 6 nitrogen and oxygen atoms in total. The molecule has 0 atom stereocenters. The predicted molar refractivity (Wildman–Crippen MR) is 96.6 cm³/mol. The van der Waals surface area contributed by atoms with Crippen LogP contribution < -0.4 is 10.6 Å². The molecule has 0 spiro atoms. The Morgan fingerprint density at radius 2 is 2.04 bits per heavy atom. The first-order valence-electron chi connectivity index (χ1n) is 7.97. The quantitative estimate of drug-likeness (QED) is 0.725. The summed E-state index contributed by atoms with van der Waals surface area (Å²) < 4.78 is 6.89. The van der Waals surface area contributed by atoms with Gasteiger partial charge in [-0.15, -0.1) is 0 Å². The van der Waals surface area contributed by atoms with E-state index in [2.05, 4.69) is 15.7 Å². The van der Waals surface area contributed by atoms with Crippen molar-refractivity contribution < 1.29 is 9.53 Å². The molecule has 3 aromatic rings. The lowest BCUT2D eigenvalue weighted by atomic mass is 10.2. The third-order valence-electron chi connectivity index (χ3n) is 3.68. The van der Waals surface area contributed by atoms with E-state index in [0.717, 1.165) is 22.5 Å². The Kier molecular flexibility index (Phi) is 5.43. The normalized spacial score (nSPS) is 10.4. The van der Waals surface area contributed by atoms with E-state index < -0.39 is 0 Å². The molecule has 0 saturated carbocycles. The Labute approximate surface area is 146 Å². The van der Waals surface area contributed by atoms with Gasteiger partial charge in [0, 0.05) is 31.7 Å². The number of anilines is 1. The summed E-state index contributed by atoms with van der Waals surface area (Å²) in [6.07, 6.45) is 3.60. The van der Waals surface area contributed by atoms with Crippen molar-refractivity contribution in [3.8, 4) is 5.69 Å². The number of aromatic nitrogens is 2. The highest BCUT2D eigenvalue weighted by atomic mass is 16.5. The Morgan fingerprint density at radius 1 is 1.16 bits per heavy atom. The highest BCUT2D eigenvalue weighted by molar-refractivity contribution is 5.89. The SMILES string of the molecule is COCc1cccc(NC(=O)NCc2ccccc2-n2cccn2)c1. The van der Waals surface area contributed by atoms with E-state index in [-0.39, 0.29) is 6.03 Å². The lowest BCUT2D eigenvalue weighted by Crippen LogP contribution is -2.28. The minimum absolute atomic E-state index is 0.259. The fourth-order valence-corrected chi connectivity index (χ4v) is 2.55. The maximum absolute atomic E-state index is 12.2. The molecule has 2 amide bonds. The van der Waals surface area contributed by atoms with Crippen LogP contribution in [0.2, 0.25) is 0 Å². The second-order valence-corrected chi connectivity index (χ2v) is 5.52. The minimum atomic E-state index is -0.259. The van der Waals surface area contributed by atoms with Gasteiger partial charge in [-0.05, 0) is 35.4 Å². The second-order valence-electron chi connectivity index (χ2n) is 5.52. The van der Waals surface area contributed by atoms with Crippen LogP contribution in [0.15, 0.2) is 67.0 Å². The first kappa shape index (κ1) is 16.7. The number of carbonyl (C=O) groups excluding carboxylic acids is 1. The van der Waals surface area contributed by atoms with Crippen molar-refractivity contribution in [1.82, 2.24) is 15.1 Å². The average Bonchev–Trinajstić information content (AvgIpc) is 3.15. The van der Waals surface area contributed by atoms with E-state index in [9.17, 15) is 4.79 Å². The van der Waals surface area contributed by atoms with Crippen molar-refractivity contribution in [2.75, 3.05) is 12.4 Å². The van der Waals surface area contributed by atoms with E-state index in [1.54, 1.807) is 18.0 Å². The Hall–Kier alpha value is -3.12. The molecule has 1 aromatic heterocycles. The number of nitrogens with one attached hydrogen (secondary N) is 2. The molecular formula is C19H20N4O2. The van der Waals surface area contributed by atoms with Crippen LogP contribution in [0.1, 0.15) is 11.1 Å². The monoisotopic (exact) mass is 336 g/mol. The van der Waals surface area contributed by atoms with Gasteiger partial charge in [-0.25, -0.2) is 9.48 Å². The van der Waals surface area contributed by atoms with Crippen LogP contribution in [0.25, 0.3) is 5.69 Å². The first-order valence-corrected chi connectivity index (χ1v) is 7.97. The van der Waals surface area contributed by atoms with Gasteiger partial charge in [0.25, 0.3) is 0 Å². The van der Waals surface area contributed by atoms with Crippen LogP contribution in [0.5, 0.6) is 0 Å². The van der Waals surface area contributed by atoms with Crippen LogP contribution in [0.4, 0.5) is 10.5 Å². The van der Waals surface area contributed by atoms with Crippen molar-refractivity contribution in [3.63, 3.8) is 0 Å². The molecule has 0 aliphatic heterocycles. The number of nitrogens with zero attached hydrogens (tertiary/aromatic N) is 2. The van der Waals surface area contributed by atoms with Crippen LogP contribution >= 0.6 is 0 Å². The Bertz CT molecular complexity index is 831. The van der Waals surface area contributed by atoms with Gasteiger partial charge in [0.15, 0.2) is 0 Å². The molecule has 3 rings (SSSR count). The fourth-order valence-electron chi connectivity index (χ4n) is 2.55. The van der Waals surface area contributed by atoms with Crippen molar-refractivity contribution in [3.05, 3.63) is 78.1 Å². The zero-order valence-corrected chi connectivity index (χ0v) is 14.0. The molecule has 2 N–H and O–H groups in total. The van der Waals surface area contributed by atoms with Gasteiger partial charge in [-0.2, -0.15) is 5.10 Å². The largest absolute Gasteiger partial charge is 0.380 e. The predicted octanol–water partition coefficient (Wildman–Crippen LogP) is 3.34. The number of benzene rings is 2. The van der Waals surface area contributed by atoms with Crippen molar-refractivity contribution >= 4 is 11.7 Å². The number of hydrogen-bond acceptors (Lipinski definition) is 3. The van der Waals surface area contributed by atoms with Gasteiger partial charge in [0.05, 0.1) is 12.3 Å². The van der Waals surface area contributed by atoms with E-state index >= 15 is 0 Å². The van der Waals surface area contributed by atoms with Gasteiger partial charge in [0.1, 0.15) is 0 Å². The number of para-hydroxylation sites is 1. The van der Waals surface area contributed by atoms with Crippen LogP contribution in [0, 0.1) is 0 Å². The molecular weight excluding hydrogens is 316 g/mol. The van der Waals surface area contributed by atoms with E-state index in [1.807, 2.05) is 60.8 Å². The Morgan fingerprint density at radius 3 is 2.84 bits per heavy atom. The highest BCUT2D eigenvalue weighted by Crippen LogP contribution is 2.14. The molecule has 1 heterocycles. The molecule has 0 radical (unpaired) electrons. The molecule has 0 bridgehead atoms. The molecule has 25 heavy (non-hydrogen) atoms. The maximum atomic E-state index is 12.2. The summed E-state index contributed by atoms with van der Waals surface area (Å²) in [7, 11) is 1.64. The third kappa shape index (κ3) is 4.45. The van der Waals surface area contributed by atoms with E-state index in [1.165, 1.54) is 0 Å². The zero-order chi connectivity index (χ0) is 17.5. The topological polar surface area (TPSA) is 68.2 Å². The summed E-state index contributed by atoms with van der Waals surface area (Å²) in [4.78, 5) is 12.2. The fraction of sp³-hybridized carbons (Fsp3) is 0.158. The number of hydrogen-bond donors (Lipinski definition) is 2.